The van der Waals surface area contributed by atoms with E-state index in [1.165, 1.54) is 27.4 Å². The molecule has 0 aliphatic rings. The van der Waals surface area contributed by atoms with Gasteiger partial charge >= 0.3 is 28.9 Å². The second-order valence-corrected chi connectivity index (χ2v) is 6.25. The van der Waals surface area contributed by atoms with E-state index in [0.717, 1.165) is 0 Å². The quantitative estimate of drug-likeness (QED) is 0.354. The largest absolute Gasteiger partial charge is 0.219 e. The first-order valence-corrected chi connectivity index (χ1v) is 8.79. The van der Waals surface area contributed by atoms with Crippen molar-refractivity contribution < 1.29 is 33.3 Å². The number of fused-ring (bicyclic) bond motifs is 2. The summed E-state index contributed by atoms with van der Waals surface area (Å²) in [4.78, 5) is 0. The zero-order valence-corrected chi connectivity index (χ0v) is 13.9. The molecule has 25 heavy (non-hydrogen) atoms. The van der Waals surface area contributed by atoms with Crippen LogP contribution in [-0.4, -0.2) is 14.0 Å². The average molecular weight is 359 g/mol. The SMILES string of the molecule is [O-][Cl+](O)(O)O.c1ccc(-c2c3ccccc3c[n+]3ccccc23)cc1. The van der Waals surface area contributed by atoms with Gasteiger partial charge in [0.05, 0.1) is 5.56 Å². The smallest absolute Gasteiger partial charge is 0.166 e. The van der Waals surface area contributed by atoms with E-state index in [1.54, 1.807) is 0 Å². The van der Waals surface area contributed by atoms with Gasteiger partial charge in [0, 0.05) is 22.9 Å². The second kappa shape index (κ2) is 7.14. The van der Waals surface area contributed by atoms with Crippen molar-refractivity contribution in [2.45, 2.75) is 0 Å². The third-order valence-corrected chi connectivity index (χ3v) is 3.72. The molecule has 0 amide bonds. The fourth-order valence-electron chi connectivity index (χ4n) is 2.81. The Kier molecular flexibility index (Phi) is 4.94. The molecule has 0 aliphatic heterocycles. The second-order valence-electron chi connectivity index (χ2n) is 5.38. The van der Waals surface area contributed by atoms with Crippen LogP contribution in [0.25, 0.3) is 27.4 Å². The van der Waals surface area contributed by atoms with E-state index in [4.69, 9.17) is 18.6 Å². The molecule has 4 aromatic rings. The Morgan fingerprint density at radius 3 is 2.08 bits per heavy atom. The van der Waals surface area contributed by atoms with E-state index >= 15 is 0 Å². The molecule has 2 aromatic carbocycles. The summed E-state index contributed by atoms with van der Waals surface area (Å²) in [6.45, 7) is 0. The predicted octanol–water partition coefficient (Wildman–Crippen LogP) is 1.39. The molecule has 0 fully saturated rings. The van der Waals surface area contributed by atoms with Crippen LogP contribution in [0.15, 0.2) is 85.2 Å². The molecule has 0 radical (unpaired) electrons. The number of rotatable bonds is 1. The van der Waals surface area contributed by atoms with Gasteiger partial charge in [-0.05, 0) is 17.7 Å². The van der Waals surface area contributed by atoms with Crippen LogP contribution < -0.4 is 9.06 Å². The van der Waals surface area contributed by atoms with Crippen molar-refractivity contribution >= 4 is 16.3 Å². The number of pyridine rings is 2. The van der Waals surface area contributed by atoms with Crippen LogP contribution in [0.2, 0.25) is 0 Å². The first-order chi connectivity index (χ1) is 11.9. The minimum atomic E-state index is -4.19. The van der Waals surface area contributed by atoms with Crippen molar-refractivity contribution in [2.24, 2.45) is 0 Å². The van der Waals surface area contributed by atoms with E-state index in [0.29, 0.717) is 0 Å². The van der Waals surface area contributed by atoms with Crippen molar-refractivity contribution in [3.05, 3.63) is 85.2 Å². The molecule has 0 atom stereocenters. The van der Waals surface area contributed by atoms with Crippen LogP contribution in [-0.2, 0) is 0 Å². The summed E-state index contributed by atoms with van der Waals surface area (Å²) in [7, 11) is -4.19. The molecule has 2 heterocycles. The van der Waals surface area contributed by atoms with E-state index in [9.17, 15) is 0 Å². The molecule has 0 saturated heterocycles. The van der Waals surface area contributed by atoms with Crippen LogP contribution in [0.4, 0.5) is 0 Å². The molecule has 0 bridgehead atoms. The van der Waals surface area contributed by atoms with Crippen LogP contribution >= 0.6 is 0 Å². The van der Waals surface area contributed by atoms with E-state index in [-0.39, 0.29) is 0 Å². The van der Waals surface area contributed by atoms with Gasteiger partial charge in [0.2, 0.25) is 5.52 Å². The van der Waals surface area contributed by atoms with Crippen molar-refractivity contribution in [2.75, 3.05) is 0 Å². The number of nitrogens with zero attached hydrogens (tertiary/aromatic N) is 1. The summed E-state index contributed by atoms with van der Waals surface area (Å²) in [6, 6.07) is 25.5. The summed E-state index contributed by atoms with van der Waals surface area (Å²) in [5.74, 6) is 0. The van der Waals surface area contributed by atoms with Crippen LogP contribution in [0, 0.1) is 10.2 Å². The van der Waals surface area contributed by atoms with Crippen molar-refractivity contribution in [1.82, 2.24) is 0 Å². The zero-order chi connectivity index (χ0) is 17.9. The monoisotopic (exact) mass is 358 g/mol. The van der Waals surface area contributed by atoms with Gasteiger partial charge in [-0.2, -0.15) is 4.40 Å². The Hall–Kier alpha value is -2.54. The summed E-state index contributed by atoms with van der Waals surface area (Å²) in [6.07, 6.45) is 4.30. The normalized spacial score (nSPS) is 11.8. The van der Waals surface area contributed by atoms with E-state index in [1.807, 2.05) is 0 Å². The van der Waals surface area contributed by atoms with Crippen molar-refractivity contribution in [3.8, 4) is 11.1 Å². The van der Waals surface area contributed by atoms with E-state index < -0.39 is 10.2 Å². The van der Waals surface area contributed by atoms with Gasteiger partial charge in [-0.3, -0.25) is 0 Å². The molecular formula is C19H17ClNO4+. The topological polar surface area (TPSA) is 87.8 Å². The third kappa shape index (κ3) is 4.30. The fourth-order valence-corrected chi connectivity index (χ4v) is 2.81. The first-order valence-electron chi connectivity index (χ1n) is 7.47. The maximum absolute atomic E-state index is 8.83. The molecule has 5 nitrogen and oxygen atoms in total. The minimum Gasteiger partial charge on any atom is -0.166 e. The molecule has 0 aliphatic carbocycles. The maximum atomic E-state index is 8.83. The molecule has 0 spiro atoms. The molecule has 4 rings (SSSR count). The van der Waals surface area contributed by atoms with Gasteiger partial charge < -0.3 is 0 Å². The van der Waals surface area contributed by atoms with E-state index in [2.05, 4.69) is 89.6 Å². The van der Waals surface area contributed by atoms with Crippen LogP contribution in [0.1, 0.15) is 0 Å². The Morgan fingerprint density at radius 1 is 0.760 bits per heavy atom. The molecule has 0 unspecified atom stereocenters. The standard InChI is InChI=1S/C19H14N.ClH3O4/c1-2-8-15(9-3-1)19-17-11-5-4-10-16(17)14-20-13-7-6-12-18(19)20;2-1(3,4)5/h1-14H;2-4H/q+1;. The molecule has 2 aromatic heterocycles. The average Bonchev–Trinajstić information content (AvgIpc) is 2.59. The van der Waals surface area contributed by atoms with Gasteiger partial charge in [-0.1, -0.05) is 48.5 Å². The summed E-state index contributed by atoms with van der Waals surface area (Å²) in [5, 5.41) is 2.56. The maximum Gasteiger partial charge on any atom is 0.219 e. The Bertz CT molecular complexity index is 940. The molecule has 3 N–H and O–H groups in total. The number of hydrogen-bond acceptors (Lipinski definition) is 4. The Balaban J connectivity index is 0.000000324. The molecular weight excluding hydrogens is 342 g/mol. The molecule has 128 valence electrons. The number of benzene rings is 2. The van der Waals surface area contributed by atoms with Gasteiger partial charge in [0.15, 0.2) is 12.4 Å². The summed E-state index contributed by atoms with van der Waals surface area (Å²) < 4.78 is 32.4. The summed E-state index contributed by atoms with van der Waals surface area (Å²) in [5.41, 5.74) is 3.79. The number of aromatic nitrogens is 1. The van der Waals surface area contributed by atoms with Gasteiger partial charge in [-0.25, -0.2) is 0 Å². The van der Waals surface area contributed by atoms with Crippen LogP contribution in [0.3, 0.4) is 0 Å². The Labute approximate surface area is 146 Å². The van der Waals surface area contributed by atoms with Crippen LogP contribution in [0.5, 0.6) is 0 Å². The predicted molar refractivity (Wildman–Crippen MR) is 89.2 cm³/mol. The third-order valence-electron chi connectivity index (χ3n) is 3.72. The van der Waals surface area contributed by atoms with Gasteiger partial charge in [0.25, 0.3) is 0 Å². The van der Waals surface area contributed by atoms with Gasteiger partial charge in [0.1, 0.15) is 0 Å². The molecule has 0 saturated carbocycles. The zero-order valence-electron chi connectivity index (χ0n) is 13.2. The number of halogens is 1. The summed E-state index contributed by atoms with van der Waals surface area (Å²) >= 11 is 0. The molecule has 6 heteroatoms. The fraction of sp³-hybridized carbons (Fsp3) is 0. The number of hydrogen-bond donors (Lipinski definition) is 3. The van der Waals surface area contributed by atoms with Crippen molar-refractivity contribution in [3.63, 3.8) is 0 Å². The van der Waals surface area contributed by atoms with Gasteiger partial charge in [-0.15, -0.1) is 0 Å². The van der Waals surface area contributed by atoms with Crippen molar-refractivity contribution in [1.29, 1.82) is 0 Å². The Morgan fingerprint density at radius 2 is 1.36 bits per heavy atom. The minimum absolute atomic E-state index is 1.23. The first kappa shape index (κ1) is 17.3.